The normalized spacial score (nSPS) is 13.6. The molecule has 4 heterocycles. The summed E-state index contributed by atoms with van der Waals surface area (Å²) < 4.78 is 13.7. The lowest BCUT2D eigenvalue weighted by Gasteiger charge is -2.19. The highest BCUT2D eigenvalue weighted by molar-refractivity contribution is 7.13. The Hall–Kier alpha value is -3.26. The van der Waals surface area contributed by atoms with Crippen LogP contribution >= 0.6 is 11.3 Å². The molecule has 1 atom stereocenters. The second kappa shape index (κ2) is 6.72. The van der Waals surface area contributed by atoms with Crippen LogP contribution in [0, 0.1) is 5.82 Å². The van der Waals surface area contributed by atoms with Crippen LogP contribution in [0.15, 0.2) is 48.1 Å². The minimum atomic E-state index is -0.286. The summed E-state index contributed by atoms with van der Waals surface area (Å²) in [7, 11) is 0. The van der Waals surface area contributed by atoms with E-state index < -0.39 is 0 Å². The number of pyridine rings is 1. The lowest BCUT2D eigenvalue weighted by Crippen LogP contribution is -2.11. The highest BCUT2D eigenvalue weighted by Crippen LogP contribution is 2.36. The predicted octanol–water partition coefficient (Wildman–Crippen LogP) is 4.86. The molecule has 3 N–H and O–H groups in total. The van der Waals surface area contributed by atoms with Crippen LogP contribution in [0.5, 0.6) is 0 Å². The second-order valence-corrected chi connectivity index (χ2v) is 7.53. The van der Waals surface area contributed by atoms with Crippen LogP contribution in [-0.4, -0.2) is 21.6 Å². The second-order valence-electron chi connectivity index (χ2n) is 6.58. The van der Waals surface area contributed by atoms with Crippen LogP contribution < -0.4 is 16.0 Å². The van der Waals surface area contributed by atoms with Gasteiger partial charge in [-0.3, -0.25) is 0 Å². The Morgan fingerprint density at radius 3 is 2.96 bits per heavy atom. The number of nitrogens with zero attached hydrogens (tertiary/aromatic N) is 3. The van der Waals surface area contributed by atoms with Crippen LogP contribution in [-0.2, 0) is 0 Å². The topological polar surface area (TPSA) is 74.8 Å². The molecule has 1 aliphatic rings. The lowest BCUT2D eigenvalue weighted by molar-refractivity contribution is 0.629. The molecule has 3 aromatic heterocycles. The Morgan fingerprint density at radius 1 is 1.18 bits per heavy atom. The smallest absolute Gasteiger partial charge is 0.156 e. The zero-order valence-corrected chi connectivity index (χ0v) is 15.8. The summed E-state index contributed by atoms with van der Waals surface area (Å²) in [5.74, 6) is 1.24. The molecule has 8 heteroatoms. The van der Waals surface area contributed by atoms with Crippen LogP contribution in [0.2, 0.25) is 0 Å². The molecule has 0 aliphatic carbocycles. The molecule has 0 saturated carbocycles. The van der Waals surface area contributed by atoms with E-state index in [4.69, 9.17) is 4.98 Å². The van der Waals surface area contributed by atoms with E-state index in [1.807, 2.05) is 17.5 Å². The van der Waals surface area contributed by atoms with E-state index in [9.17, 15) is 4.39 Å². The van der Waals surface area contributed by atoms with Gasteiger partial charge in [0.05, 0.1) is 28.8 Å². The van der Waals surface area contributed by atoms with Gasteiger partial charge in [-0.25, -0.2) is 19.3 Å². The van der Waals surface area contributed by atoms with Gasteiger partial charge < -0.3 is 16.0 Å². The first-order valence-corrected chi connectivity index (χ1v) is 9.80. The summed E-state index contributed by atoms with van der Waals surface area (Å²) in [6.45, 7) is 2.70. The van der Waals surface area contributed by atoms with Crippen LogP contribution in [0.25, 0.3) is 21.5 Å². The van der Waals surface area contributed by atoms with Gasteiger partial charge >= 0.3 is 0 Å². The SMILES string of the molecule is C[C@H](Nc1ncnc2c1NCN2)c1cc2ccc(F)cc2nc1-c1cccs1. The average Bonchev–Trinajstić information content (AvgIpc) is 3.39. The van der Waals surface area contributed by atoms with Crippen LogP contribution in [0.4, 0.5) is 21.7 Å². The first-order chi connectivity index (χ1) is 13.7. The van der Waals surface area contributed by atoms with Crippen LogP contribution in [0.1, 0.15) is 18.5 Å². The van der Waals surface area contributed by atoms with E-state index in [0.717, 1.165) is 38.8 Å². The lowest BCUT2D eigenvalue weighted by atomic mass is 10.0. The molecule has 6 nitrogen and oxygen atoms in total. The van der Waals surface area contributed by atoms with E-state index in [2.05, 4.69) is 38.9 Å². The Labute approximate surface area is 164 Å². The molecule has 0 radical (unpaired) electrons. The summed E-state index contributed by atoms with van der Waals surface area (Å²) in [4.78, 5) is 14.5. The van der Waals surface area contributed by atoms with Gasteiger partial charge in [0.15, 0.2) is 11.6 Å². The molecule has 0 bridgehead atoms. The molecule has 0 unspecified atom stereocenters. The Kier molecular flexibility index (Phi) is 4.05. The minimum Gasteiger partial charge on any atom is -0.362 e. The average molecular weight is 392 g/mol. The van der Waals surface area contributed by atoms with Crippen molar-refractivity contribution < 1.29 is 4.39 Å². The van der Waals surface area contributed by atoms with E-state index in [1.165, 1.54) is 18.5 Å². The van der Waals surface area contributed by atoms with Crippen LogP contribution in [0.3, 0.4) is 0 Å². The number of nitrogens with one attached hydrogen (secondary N) is 3. The number of hydrogen-bond donors (Lipinski definition) is 3. The maximum absolute atomic E-state index is 13.7. The molecule has 0 saturated heterocycles. The number of halogens is 1. The fourth-order valence-corrected chi connectivity index (χ4v) is 4.13. The van der Waals surface area contributed by atoms with E-state index in [1.54, 1.807) is 17.4 Å². The Morgan fingerprint density at radius 2 is 2.11 bits per heavy atom. The van der Waals surface area contributed by atoms with Crippen molar-refractivity contribution in [1.29, 1.82) is 0 Å². The Bertz CT molecular complexity index is 1160. The van der Waals surface area contributed by atoms with Crippen molar-refractivity contribution in [1.82, 2.24) is 15.0 Å². The predicted molar refractivity (Wildman–Crippen MR) is 111 cm³/mol. The Balaban J connectivity index is 1.60. The number of fused-ring (bicyclic) bond motifs is 2. The molecular weight excluding hydrogens is 375 g/mol. The standard InChI is InChI=1S/C20H17FN6S/c1-11(26-20-18-19(23-9-22-18)24-10-25-20)14-7-12-4-5-13(21)8-15(12)27-17(14)16-3-2-6-28-16/h2-8,10-11,22H,9H2,1H3,(H2,23,24,25,26)/t11-/m0/s1. The van der Waals surface area contributed by atoms with E-state index in [-0.39, 0.29) is 11.9 Å². The van der Waals surface area contributed by atoms with E-state index in [0.29, 0.717) is 12.2 Å². The number of benzene rings is 1. The van der Waals surface area contributed by atoms with Gasteiger partial charge in [-0.1, -0.05) is 6.07 Å². The van der Waals surface area contributed by atoms with Gasteiger partial charge in [0.1, 0.15) is 17.8 Å². The molecule has 4 aromatic rings. The molecule has 0 amide bonds. The zero-order valence-electron chi connectivity index (χ0n) is 15.0. The summed E-state index contributed by atoms with van der Waals surface area (Å²) in [6.07, 6.45) is 1.54. The maximum atomic E-state index is 13.7. The maximum Gasteiger partial charge on any atom is 0.156 e. The zero-order chi connectivity index (χ0) is 19.1. The number of thiophene rings is 1. The summed E-state index contributed by atoms with van der Waals surface area (Å²) >= 11 is 1.61. The monoisotopic (exact) mass is 392 g/mol. The van der Waals surface area contributed by atoms with Gasteiger partial charge in [-0.15, -0.1) is 11.3 Å². The number of hydrogen-bond acceptors (Lipinski definition) is 7. The largest absolute Gasteiger partial charge is 0.362 e. The van der Waals surface area contributed by atoms with Crippen molar-refractivity contribution in [3.05, 3.63) is 59.5 Å². The summed E-state index contributed by atoms with van der Waals surface area (Å²) in [6, 6.07) is 10.7. The third kappa shape index (κ3) is 2.91. The number of rotatable bonds is 4. The number of anilines is 3. The van der Waals surface area contributed by atoms with Gasteiger partial charge in [0.25, 0.3) is 0 Å². The quantitative estimate of drug-likeness (QED) is 0.461. The summed E-state index contributed by atoms with van der Waals surface area (Å²) in [5.41, 5.74) is 3.39. The van der Waals surface area contributed by atoms with Crippen molar-refractivity contribution in [2.75, 3.05) is 22.6 Å². The van der Waals surface area contributed by atoms with Gasteiger partial charge in [0.2, 0.25) is 0 Å². The molecule has 1 aliphatic heterocycles. The van der Waals surface area contributed by atoms with Crippen molar-refractivity contribution in [2.45, 2.75) is 13.0 Å². The fourth-order valence-electron chi connectivity index (χ4n) is 3.39. The first-order valence-electron chi connectivity index (χ1n) is 8.92. The first kappa shape index (κ1) is 16.9. The van der Waals surface area contributed by atoms with Gasteiger partial charge in [0, 0.05) is 17.0 Å². The molecular formula is C20H17FN6S. The minimum absolute atomic E-state index is 0.0690. The third-order valence-electron chi connectivity index (χ3n) is 4.75. The van der Waals surface area contributed by atoms with Crippen molar-refractivity contribution in [3.63, 3.8) is 0 Å². The molecule has 0 spiro atoms. The molecule has 0 fully saturated rings. The highest BCUT2D eigenvalue weighted by Gasteiger charge is 2.21. The third-order valence-corrected chi connectivity index (χ3v) is 5.63. The molecule has 1 aromatic carbocycles. The summed E-state index contributed by atoms with van der Waals surface area (Å²) in [5, 5.41) is 12.8. The van der Waals surface area contributed by atoms with E-state index >= 15 is 0 Å². The van der Waals surface area contributed by atoms with Crippen molar-refractivity contribution in [2.24, 2.45) is 0 Å². The van der Waals surface area contributed by atoms with Crippen molar-refractivity contribution in [3.8, 4) is 10.6 Å². The highest BCUT2D eigenvalue weighted by atomic mass is 32.1. The molecule has 140 valence electrons. The fraction of sp³-hybridized carbons (Fsp3) is 0.150. The molecule has 28 heavy (non-hydrogen) atoms. The number of aromatic nitrogens is 3. The van der Waals surface area contributed by atoms with Gasteiger partial charge in [-0.05, 0) is 36.6 Å². The molecule has 5 rings (SSSR count). The van der Waals surface area contributed by atoms with Crippen molar-refractivity contribution >= 4 is 39.6 Å². The van der Waals surface area contributed by atoms with Gasteiger partial charge in [-0.2, -0.15) is 0 Å².